The average molecular weight is 502 g/mol. The Hall–Kier alpha value is -3.85. The molecule has 0 bridgehead atoms. The van der Waals surface area contributed by atoms with Crippen molar-refractivity contribution in [3.63, 3.8) is 0 Å². The second-order valence-corrected chi connectivity index (χ2v) is 10.4. The maximum absolute atomic E-state index is 6.50. The van der Waals surface area contributed by atoms with E-state index in [1.54, 1.807) is 0 Å². The molecule has 1 nitrogen and oxygen atoms in total. The van der Waals surface area contributed by atoms with Crippen LogP contribution in [-0.2, 0) is 0 Å². The molecule has 0 atom stereocenters. The van der Waals surface area contributed by atoms with Gasteiger partial charge in [0.05, 0.1) is 0 Å². The number of aryl methyl sites for hydroxylation is 1. The lowest BCUT2D eigenvalue weighted by atomic mass is 9.98. The second kappa shape index (κ2) is 9.66. The number of fused-ring (bicyclic) bond motifs is 1. The van der Waals surface area contributed by atoms with Gasteiger partial charge in [0, 0.05) is 42.6 Å². The van der Waals surface area contributed by atoms with Crippen molar-refractivity contribution >= 4 is 50.1 Å². The minimum Gasteiger partial charge on any atom is -0.310 e. The summed E-state index contributed by atoms with van der Waals surface area (Å²) in [6, 6.07) is 44.9. The van der Waals surface area contributed by atoms with Crippen molar-refractivity contribution < 1.29 is 0 Å². The van der Waals surface area contributed by atoms with Gasteiger partial charge in [-0.1, -0.05) is 96.5 Å². The van der Waals surface area contributed by atoms with Crippen LogP contribution in [0.15, 0.2) is 127 Å². The molecule has 0 N–H and O–H groups in total. The zero-order valence-corrected chi connectivity index (χ0v) is 21.4. The van der Waals surface area contributed by atoms with Crippen LogP contribution in [0.5, 0.6) is 0 Å². The summed E-state index contributed by atoms with van der Waals surface area (Å²) in [7, 11) is 0. The Morgan fingerprint density at radius 1 is 0.583 bits per heavy atom. The zero-order chi connectivity index (χ0) is 24.5. The first kappa shape index (κ1) is 22.6. The van der Waals surface area contributed by atoms with E-state index in [4.69, 9.17) is 11.6 Å². The third-order valence-electron chi connectivity index (χ3n) is 6.33. The Morgan fingerprint density at radius 2 is 1.22 bits per heavy atom. The Bertz CT molecular complexity index is 1620. The van der Waals surface area contributed by atoms with Gasteiger partial charge < -0.3 is 4.90 Å². The molecule has 0 saturated heterocycles. The van der Waals surface area contributed by atoms with Gasteiger partial charge in [-0.15, -0.1) is 11.3 Å². The third-order valence-corrected chi connectivity index (χ3v) is 7.75. The summed E-state index contributed by atoms with van der Waals surface area (Å²) in [4.78, 5) is 3.57. The highest BCUT2D eigenvalue weighted by atomic mass is 35.5. The topological polar surface area (TPSA) is 3.24 Å². The number of anilines is 3. The SMILES string of the molecule is Cc1cc(Cl)cc(N(c2ccccc2)c2ccc3c(-c4ccccc4)c(-c4ccccc4)sc3c2)c1. The van der Waals surface area contributed by atoms with Gasteiger partial charge in [0.1, 0.15) is 0 Å². The summed E-state index contributed by atoms with van der Waals surface area (Å²) in [5.41, 5.74) is 8.16. The van der Waals surface area contributed by atoms with Gasteiger partial charge >= 0.3 is 0 Å². The number of hydrogen-bond donors (Lipinski definition) is 0. The molecule has 0 fully saturated rings. The molecule has 0 radical (unpaired) electrons. The van der Waals surface area contributed by atoms with E-state index in [0.29, 0.717) is 0 Å². The van der Waals surface area contributed by atoms with E-state index in [-0.39, 0.29) is 0 Å². The lowest BCUT2D eigenvalue weighted by Crippen LogP contribution is -2.09. The molecule has 0 aliphatic rings. The van der Waals surface area contributed by atoms with Gasteiger partial charge in [0.25, 0.3) is 0 Å². The summed E-state index contributed by atoms with van der Waals surface area (Å²) < 4.78 is 1.25. The number of nitrogens with zero attached hydrogens (tertiary/aromatic N) is 1. The van der Waals surface area contributed by atoms with Crippen molar-refractivity contribution in [2.24, 2.45) is 0 Å². The number of para-hydroxylation sites is 1. The fourth-order valence-corrected chi connectivity index (χ4v) is 6.33. The van der Waals surface area contributed by atoms with Crippen LogP contribution >= 0.6 is 22.9 Å². The predicted octanol–water partition coefficient (Wildman–Crippen LogP) is 10.7. The van der Waals surface area contributed by atoms with Crippen LogP contribution in [0, 0.1) is 6.92 Å². The highest BCUT2D eigenvalue weighted by Gasteiger charge is 2.19. The normalized spacial score (nSPS) is 11.1. The Balaban J connectivity index is 1.58. The maximum atomic E-state index is 6.50. The molecule has 0 aliphatic heterocycles. The van der Waals surface area contributed by atoms with Gasteiger partial charge in [-0.25, -0.2) is 0 Å². The Morgan fingerprint density at radius 3 is 1.89 bits per heavy atom. The summed E-state index contributed by atoms with van der Waals surface area (Å²) in [6.45, 7) is 2.08. The van der Waals surface area contributed by atoms with Crippen LogP contribution in [-0.4, -0.2) is 0 Å². The number of rotatable bonds is 5. The largest absolute Gasteiger partial charge is 0.310 e. The van der Waals surface area contributed by atoms with Crippen molar-refractivity contribution in [3.8, 4) is 21.6 Å². The van der Waals surface area contributed by atoms with Crippen LogP contribution in [0.1, 0.15) is 5.56 Å². The highest BCUT2D eigenvalue weighted by molar-refractivity contribution is 7.23. The molecule has 5 aromatic carbocycles. The molecule has 0 amide bonds. The summed E-state index contributed by atoms with van der Waals surface area (Å²) >= 11 is 8.35. The van der Waals surface area contributed by atoms with Crippen molar-refractivity contribution in [2.45, 2.75) is 6.92 Å². The fraction of sp³-hybridized carbons (Fsp3) is 0.0303. The molecule has 1 heterocycles. The van der Waals surface area contributed by atoms with Crippen molar-refractivity contribution in [1.29, 1.82) is 0 Å². The quantitative estimate of drug-likeness (QED) is 0.227. The molecule has 36 heavy (non-hydrogen) atoms. The number of hydrogen-bond acceptors (Lipinski definition) is 2. The van der Waals surface area contributed by atoms with E-state index in [2.05, 4.69) is 121 Å². The monoisotopic (exact) mass is 501 g/mol. The molecule has 6 aromatic rings. The zero-order valence-electron chi connectivity index (χ0n) is 19.9. The Kier molecular flexibility index (Phi) is 6.06. The Labute approximate surface area is 220 Å². The third kappa shape index (κ3) is 4.30. The molecule has 1 aromatic heterocycles. The van der Waals surface area contributed by atoms with Gasteiger partial charge in [-0.3, -0.25) is 0 Å². The van der Waals surface area contributed by atoms with Crippen molar-refractivity contribution in [2.75, 3.05) is 4.90 Å². The first-order chi connectivity index (χ1) is 17.7. The van der Waals surface area contributed by atoms with E-state index >= 15 is 0 Å². The van der Waals surface area contributed by atoms with Gasteiger partial charge in [0.2, 0.25) is 0 Å². The lowest BCUT2D eigenvalue weighted by Gasteiger charge is -2.26. The van der Waals surface area contributed by atoms with E-state index in [1.165, 1.54) is 31.7 Å². The summed E-state index contributed by atoms with van der Waals surface area (Å²) in [5.74, 6) is 0. The molecule has 6 rings (SSSR count). The minimum atomic E-state index is 0.737. The number of benzene rings is 5. The molecule has 0 spiro atoms. The molecule has 0 unspecified atom stereocenters. The van der Waals surface area contributed by atoms with Crippen LogP contribution < -0.4 is 4.90 Å². The molecule has 0 saturated carbocycles. The molecule has 174 valence electrons. The average Bonchev–Trinajstić information content (AvgIpc) is 3.29. The van der Waals surface area contributed by atoms with Gasteiger partial charge in [0.15, 0.2) is 0 Å². The first-order valence-corrected chi connectivity index (χ1v) is 13.2. The van der Waals surface area contributed by atoms with Crippen LogP contribution in [0.4, 0.5) is 17.1 Å². The fourth-order valence-electron chi connectivity index (χ4n) is 4.78. The second-order valence-electron chi connectivity index (χ2n) is 8.88. The maximum Gasteiger partial charge on any atom is 0.0479 e. The predicted molar refractivity (Wildman–Crippen MR) is 157 cm³/mol. The van der Waals surface area contributed by atoms with Gasteiger partial charge in [-0.2, -0.15) is 0 Å². The lowest BCUT2D eigenvalue weighted by molar-refractivity contribution is 1.28. The van der Waals surface area contributed by atoms with E-state index < -0.39 is 0 Å². The molecular formula is C33H24ClNS. The summed E-state index contributed by atoms with van der Waals surface area (Å²) in [5, 5.41) is 2.00. The molecular weight excluding hydrogens is 478 g/mol. The summed E-state index contributed by atoms with van der Waals surface area (Å²) in [6.07, 6.45) is 0. The van der Waals surface area contributed by atoms with E-state index in [1.807, 2.05) is 29.5 Å². The van der Waals surface area contributed by atoms with Gasteiger partial charge in [-0.05, 0) is 66.1 Å². The number of halogens is 1. The van der Waals surface area contributed by atoms with Crippen LogP contribution in [0.3, 0.4) is 0 Å². The van der Waals surface area contributed by atoms with Crippen LogP contribution in [0.2, 0.25) is 5.02 Å². The standard InChI is InChI=1S/C33H24ClNS/c1-23-19-26(34)21-29(20-23)35(27-15-9-4-10-16-27)28-17-18-30-31(22-28)36-33(25-13-7-3-8-14-25)32(30)24-11-5-2-6-12-24/h2-22H,1H3. The smallest absolute Gasteiger partial charge is 0.0479 e. The molecule has 0 aliphatic carbocycles. The molecule has 3 heteroatoms. The van der Waals surface area contributed by atoms with E-state index in [0.717, 1.165) is 27.6 Å². The highest BCUT2D eigenvalue weighted by Crippen LogP contribution is 2.47. The minimum absolute atomic E-state index is 0.737. The van der Waals surface area contributed by atoms with Crippen LogP contribution in [0.25, 0.3) is 31.7 Å². The number of thiophene rings is 1. The first-order valence-electron chi connectivity index (χ1n) is 12.0. The van der Waals surface area contributed by atoms with Crippen molar-refractivity contribution in [1.82, 2.24) is 0 Å². The van der Waals surface area contributed by atoms with E-state index in [9.17, 15) is 0 Å². The van der Waals surface area contributed by atoms with Crippen molar-refractivity contribution in [3.05, 3.63) is 138 Å².